The maximum Gasteiger partial charge on any atom is 0.251 e. The molecular weight excluding hydrogens is 274 g/mol. The van der Waals surface area contributed by atoms with E-state index >= 15 is 0 Å². The Hall–Kier alpha value is -1.65. The molecule has 1 aromatic carbocycles. The average molecular weight is 301 g/mol. The van der Waals surface area contributed by atoms with Gasteiger partial charge in [-0.3, -0.25) is 9.69 Å². The number of amides is 1. The van der Waals surface area contributed by atoms with Crippen LogP contribution in [0.5, 0.6) is 0 Å². The second-order valence-electron chi connectivity index (χ2n) is 5.66. The Balaban J connectivity index is 1.74. The van der Waals surface area contributed by atoms with Crippen LogP contribution in [0.3, 0.4) is 0 Å². The molecule has 4 nitrogen and oxygen atoms in total. The Bertz CT molecular complexity index is 476. The number of benzene rings is 1. The summed E-state index contributed by atoms with van der Waals surface area (Å²) in [4.78, 5) is 14.5. The van der Waals surface area contributed by atoms with Crippen molar-refractivity contribution in [3.63, 3.8) is 0 Å². The first-order valence-electron chi connectivity index (χ1n) is 8.27. The van der Waals surface area contributed by atoms with Gasteiger partial charge in [0.25, 0.3) is 5.91 Å². The van der Waals surface area contributed by atoms with Crippen LogP contribution in [0.4, 0.5) is 0 Å². The number of hydrogen-bond acceptors (Lipinski definition) is 3. The van der Waals surface area contributed by atoms with Crippen LogP contribution in [0.25, 0.3) is 6.08 Å². The van der Waals surface area contributed by atoms with E-state index in [9.17, 15) is 4.79 Å². The number of carbonyl (C=O) groups is 1. The Kier molecular flexibility index (Phi) is 7.13. The molecule has 1 aliphatic rings. The maximum atomic E-state index is 12.1. The van der Waals surface area contributed by atoms with Crippen molar-refractivity contribution in [3.05, 3.63) is 41.5 Å². The summed E-state index contributed by atoms with van der Waals surface area (Å²) in [5.41, 5.74) is 1.87. The Morgan fingerprint density at radius 2 is 2.00 bits per heavy atom. The van der Waals surface area contributed by atoms with E-state index in [1.54, 1.807) is 0 Å². The molecule has 0 radical (unpaired) electrons. The molecular formula is C18H27N3O. The van der Waals surface area contributed by atoms with Gasteiger partial charge in [0, 0.05) is 44.8 Å². The first kappa shape index (κ1) is 16.7. The fourth-order valence-electron chi connectivity index (χ4n) is 2.50. The second-order valence-corrected chi connectivity index (χ2v) is 5.66. The zero-order valence-corrected chi connectivity index (χ0v) is 13.5. The fraction of sp³-hybridized carbons (Fsp3) is 0.500. The molecule has 4 heteroatoms. The highest BCUT2D eigenvalue weighted by atomic mass is 16.1. The molecule has 0 saturated carbocycles. The van der Waals surface area contributed by atoms with E-state index in [-0.39, 0.29) is 5.91 Å². The van der Waals surface area contributed by atoms with Crippen LogP contribution in [-0.4, -0.2) is 50.1 Å². The summed E-state index contributed by atoms with van der Waals surface area (Å²) in [5.74, 6) is 0.0132. The number of unbranched alkanes of at least 4 members (excludes halogenated alkanes) is 1. The molecule has 22 heavy (non-hydrogen) atoms. The topological polar surface area (TPSA) is 44.4 Å². The molecule has 1 saturated heterocycles. The van der Waals surface area contributed by atoms with Crippen molar-refractivity contribution < 1.29 is 4.79 Å². The van der Waals surface area contributed by atoms with Gasteiger partial charge in [0.1, 0.15) is 0 Å². The van der Waals surface area contributed by atoms with Crippen molar-refractivity contribution in [2.45, 2.75) is 19.8 Å². The summed E-state index contributed by atoms with van der Waals surface area (Å²) in [6, 6.07) is 7.78. The SMILES string of the molecule is CCC/C=C/c1ccc(C(=O)NCCN2CCNCC2)cc1. The molecule has 2 rings (SSSR count). The van der Waals surface area contributed by atoms with Crippen molar-refractivity contribution in [3.8, 4) is 0 Å². The number of hydrogen-bond donors (Lipinski definition) is 2. The minimum absolute atomic E-state index is 0.0132. The van der Waals surface area contributed by atoms with E-state index in [1.807, 2.05) is 24.3 Å². The highest BCUT2D eigenvalue weighted by Gasteiger charge is 2.10. The fourth-order valence-corrected chi connectivity index (χ4v) is 2.50. The van der Waals surface area contributed by atoms with Crippen LogP contribution < -0.4 is 10.6 Å². The normalized spacial score (nSPS) is 16.0. The van der Waals surface area contributed by atoms with Crippen LogP contribution in [0.1, 0.15) is 35.7 Å². The van der Waals surface area contributed by atoms with Gasteiger partial charge in [-0.25, -0.2) is 0 Å². The lowest BCUT2D eigenvalue weighted by Crippen LogP contribution is -2.46. The monoisotopic (exact) mass is 301 g/mol. The van der Waals surface area contributed by atoms with Gasteiger partial charge in [0.2, 0.25) is 0 Å². The molecule has 2 N–H and O–H groups in total. The van der Waals surface area contributed by atoms with Crippen molar-refractivity contribution in [1.82, 2.24) is 15.5 Å². The summed E-state index contributed by atoms with van der Waals surface area (Å²) in [7, 11) is 0. The minimum atomic E-state index is 0.0132. The van der Waals surface area contributed by atoms with E-state index in [0.717, 1.165) is 56.7 Å². The third-order valence-corrected chi connectivity index (χ3v) is 3.86. The smallest absolute Gasteiger partial charge is 0.251 e. The van der Waals surface area contributed by atoms with Gasteiger partial charge in [-0.15, -0.1) is 0 Å². The highest BCUT2D eigenvalue weighted by molar-refractivity contribution is 5.94. The maximum absolute atomic E-state index is 12.1. The highest BCUT2D eigenvalue weighted by Crippen LogP contribution is 2.07. The predicted octanol–water partition coefficient (Wildman–Crippen LogP) is 2.13. The van der Waals surface area contributed by atoms with Crippen LogP contribution >= 0.6 is 0 Å². The van der Waals surface area contributed by atoms with Crippen molar-refractivity contribution >= 4 is 12.0 Å². The van der Waals surface area contributed by atoms with E-state index in [1.165, 1.54) is 0 Å². The summed E-state index contributed by atoms with van der Waals surface area (Å²) in [6.45, 7) is 8.01. The quantitative estimate of drug-likeness (QED) is 0.811. The molecule has 1 fully saturated rings. The van der Waals surface area contributed by atoms with E-state index < -0.39 is 0 Å². The van der Waals surface area contributed by atoms with Gasteiger partial charge in [-0.1, -0.05) is 37.6 Å². The van der Waals surface area contributed by atoms with Gasteiger partial charge in [0.05, 0.1) is 0 Å². The van der Waals surface area contributed by atoms with Gasteiger partial charge >= 0.3 is 0 Å². The molecule has 120 valence electrons. The summed E-state index contributed by atoms with van der Waals surface area (Å²) < 4.78 is 0. The molecule has 1 amide bonds. The third-order valence-electron chi connectivity index (χ3n) is 3.86. The van der Waals surface area contributed by atoms with Crippen molar-refractivity contribution in [1.29, 1.82) is 0 Å². The molecule has 0 unspecified atom stereocenters. The second kappa shape index (κ2) is 9.38. The standard InChI is InChI=1S/C18H27N3O/c1-2-3-4-5-16-6-8-17(9-7-16)18(22)20-12-15-21-13-10-19-11-14-21/h4-9,19H,2-3,10-15H2,1H3,(H,20,22)/b5-4+. The summed E-state index contributed by atoms with van der Waals surface area (Å²) in [5, 5.41) is 6.33. The van der Waals surface area contributed by atoms with E-state index in [4.69, 9.17) is 0 Å². The first-order chi connectivity index (χ1) is 10.8. The van der Waals surface area contributed by atoms with Crippen molar-refractivity contribution in [2.24, 2.45) is 0 Å². The first-order valence-corrected chi connectivity index (χ1v) is 8.27. The number of nitrogens with one attached hydrogen (secondary N) is 2. The largest absolute Gasteiger partial charge is 0.351 e. The van der Waals surface area contributed by atoms with Gasteiger partial charge in [-0.2, -0.15) is 0 Å². The van der Waals surface area contributed by atoms with E-state index in [2.05, 4.69) is 34.6 Å². The Morgan fingerprint density at radius 1 is 1.27 bits per heavy atom. The number of allylic oxidation sites excluding steroid dienone is 1. The van der Waals surface area contributed by atoms with Crippen LogP contribution in [-0.2, 0) is 0 Å². The number of carbonyl (C=O) groups excluding carboxylic acids is 1. The number of rotatable bonds is 7. The zero-order valence-electron chi connectivity index (χ0n) is 13.5. The Labute approximate surface area is 133 Å². The van der Waals surface area contributed by atoms with Crippen LogP contribution in [0.2, 0.25) is 0 Å². The summed E-state index contributed by atoms with van der Waals surface area (Å²) >= 11 is 0. The van der Waals surface area contributed by atoms with Crippen LogP contribution in [0.15, 0.2) is 30.3 Å². The van der Waals surface area contributed by atoms with Gasteiger partial charge in [-0.05, 0) is 24.1 Å². The van der Waals surface area contributed by atoms with Crippen molar-refractivity contribution in [2.75, 3.05) is 39.3 Å². The predicted molar refractivity (Wildman–Crippen MR) is 92.0 cm³/mol. The lowest BCUT2D eigenvalue weighted by atomic mass is 10.1. The minimum Gasteiger partial charge on any atom is -0.351 e. The Morgan fingerprint density at radius 3 is 2.68 bits per heavy atom. The number of nitrogens with zero attached hydrogens (tertiary/aromatic N) is 1. The zero-order chi connectivity index (χ0) is 15.6. The van der Waals surface area contributed by atoms with Crippen LogP contribution in [0, 0.1) is 0 Å². The molecule has 0 spiro atoms. The average Bonchev–Trinajstić information content (AvgIpc) is 2.56. The lowest BCUT2D eigenvalue weighted by molar-refractivity contribution is 0.0947. The van der Waals surface area contributed by atoms with Gasteiger partial charge in [0.15, 0.2) is 0 Å². The summed E-state index contributed by atoms with van der Waals surface area (Å²) in [6.07, 6.45) is 6.52. The molecule has 0 bridgehead atoms. The molecule has 1 heterocycles. The molecule has 0 aromatic heterocycles. The lowest BCUT2D eigenvalue weighted by Gasteiger charge is -2.27. The third kappa shape index (κ3) is 5.62. The molecule has 0 atom stereocenters. The van der Waals surface area contributed by atoms with E-state index in [0.29, 0.717) is 6.54 Å². The number of piperazine rings is 1. The molecule has 1 aromatic rings. The molecule has 0 aliphatic carbocycles. The molecule has 1 aliphatic heterocycles. The van der Waals surface area contributed by atoms with Gasteiger partial charge < -0.3 is 10.6 Å².